The minimum absolute atomic E-state index is 0.138. The highest BCUT2D eigenvalue weighted by Gasteiger charge is 2.39. The fourth-order valence-electron chi connectivity index (χ4n) is 5.49. The predicted molar refractivity (Wildman–Crippen MR) is 135 cm³/mol. The molecular formula is C28H29N5O2. The van der Waals surface area contributed by atoms with Gasteiger partial charge in [-0.05, 0) is 87.3 Å². The highest BCUT2D eigenvalue weighted by atomic mass is 16.5. The van der Waals surface area contributed by atoms with Gasteiger partial charge in [0.2, 0.25) is 0 Å². The molecule has 2 aliphatic rings. The number of carbonyl (C=O) groups is 1. The van der Waals surface area contributed by atoms with E-state index < -0.39 is 0 Å². The quantitative estimate of drug-likeness (QED) is 0.434. The number of H-pyrrole nitrogens is 1. The van der Waals surface area contributed by atoms with E-state index in [1.54, 1.807) is 6.20 Å². The van der Waals surface area contributed by atoms with Crippen molar-refractivity contribution in [3.63, 3.8) is 0 Å². The number of carbonyl (C=O) groups excluding carboxylic acids is 1. The molecule has 2 aromatic carbocycles. The molecule has 178 valence electrons. The average molecular weight is 468 g/mol. The van der Waals surface area contributed by atoms with Gasteiger partial charge in [-0.3, -0.25) is 14.9 Å². The van der Waals surface area contributed by atoms with Crippen LogP contribution in [0.2, 0.25) is 0 Å². The molecule has 6 rings (SSSR count). The number of aromatic nitrogens is 3. The summed E-state index contributed by atoms with van der Waals surface area (Å²) >= 11 is 0. The second-order valence-corrected chi connectivity index (χ2v) is 9.62. The van der Waals surface area contributed by atoms with E-state index in [-0.39, 0.29) is 12.0 Å². The van der Waals surface area contributed by atoms with Crippen LogP contribution < -0.4 is 10.1 Å². The van der Waals surface area contributed by atoms with Crippen LogP contribution in [0, 0.1) is 0 Å². The summed E-state index contributed by atoms with van der Waals surface area (Å²) in [6.45, 7) is 0.385. The van der Waals surface area contributed by atoms with E-state index in [0.29, 0.717) is 24.2 Å². The van der Waals surface area contributed by atoms with Gasteiger partial charge in [0.05, 0.1) is 23.4 Å². The SMILES string of the molecule is CN1C2CCC1CC(Oc1ccc(-c3n[nH]c4ccc(C(=O)NCc5ccccn5)cc34)cc1)C2. The second kappa shape index (κ2) is 9.15. The Morgan fingerprint density at radius 3 is 2.63 bits per heavy atom. The van der Waals surface area contributed by atoms with Crippen LogP contribution >= 0.6 is 0 Å². The molecule has 7 nitrogen and oxygen atoms in total. The van der Waals surface area contributed by atoms with E-state index in [4.69, 9.17) is 4.74 Å². The number of nitrogens with zero attached hydrogens (tertiary/aromatic N) is 3. The molecule has 1 amide bonds. The van der Waals surface area contributed by atoms with Crippen molar-refractivity contribution in [3.05, 3.63) is 78.1 Å². The number of fused-ring (bicyclic) bond motifs is 3. The van der Waals surface area contributed by atoms with E-state index in [1.807, 2.05) is 60.7 Å². The van der Waals surface area contributed by atoms with E-state index >= 15 is 0 Å². The molecule has 2 aromatic heterocycles. The summed E-state index contributed by atoms with van der Waals surface area (Å²) in [5.74, 6) is 0.762. The normalized spacial score (nSPS) is 21.8. The number of aromatic amines is 1. The summed E-state index contributed by atoms with van der Waals surface area (Å²) in [5.41, 5.74) is 4.11. The first kappa shape index (κ1) is 21.8. The molecule has 2 saturated heterocycles. The Labute approximate surface area is 204 Å². The van der Waals surface area contributed by atoms with Crippen molar-refractivity contribution < 1.29 is 9.53 Å². The van der Waals surface area contributed by atoms with Crippen molar-refractivity contribution in [2.75, 3.05) is 7.05 Å². The highest BCUT2D eigenvalue weighted by Crippen LogP contribution is 2.36. The van der Waals surface area contributed by atoms with Crippen LogP contribution in [-0.2, 0) is 6.54 Å². The van der Waals surface area contributed by atoms with Crippen LogP contribution in [0.3, 0.4) is 0 Å². The monoisotopic (exact) mass is 467 g/mol. The van der Waals surface area contributed by atoms with Gasteiger partial charge in [0.1, 0.15) is 11.9 Å². The summed E-state index contributed by atoms with van der Waals surface area (Å²) in [5, 5.41) is 11.5. The molecule has 0 aliphatic carbocycles. The topological polar surface area (TPSA) is 83.1 Å². The zero-order chi connectivity index (χ0) is 23.8. The van der Waals surface area contributed by atoms with Crippen molar-refractivity contribution in [1.82, 2.24) is 25.4 Å². The average Bonchev–Trinajstić information content (AvgIpc) is 3.39. The second-order valence-electron chi connectivity index (χ2n) is 9.62. The fourth-order valence-corrected chi connectivity index (χ4v) is 5.49. The van der Waals surface area contributed by atoms with Gasteiger partial charge in [0.15, 0.2) is 0 Å². The van der Waals surface area contributed by atoms with Crippen LogP contribution in [-0.4, -0.2) is 51.2 Å². The number of benzene rings is 2. The number of hydrogen-bond donors (Lipinski definition) is 2. The van der Waals surface area contributed by atoms with Gasteiger partial charge in [0, 0.05) is 34.8 Å². The van der Waals surface area contributed by atoms with Gasteiger partial charge < -0.3 is 15.0 Å². The molecule has 2 N–H and O–H groups in total. The summed E-state index contributed by atoms with van der Waals surface area (Å²) < 4.78 is 6.35. The number of rotatable bonds is 6. The van der Waals surface area contributed by atoms with Gasteiger partial charge in [-0.1, -0.05) is 6.07 Å². The van der Waals surface area contributed by atoms with E-state index in [2.05, 4.69) is 32.4 Å². The molecule has 2 bridgehead atoms. The third-order valence-electron chi connectivity index (χ3n) is 7.47. The fraction of sp³-hybridized carbons (Fsp3) is 0.321. The molecule has 2 fully saturated rings. The lowest BCUT2D eigenvalue weighted by molar-refractivity contribution is 0.0662. The van der Waals surface area contributed by atoms with Gasteiger partial charge in [-0.25, -0.2) is 0 Å². The molecule has 7 heteroatoms. The molecular weight excluding hydrogens is 438 g/mol. The first-order valence-electron chi connectivity index (χ1n) is 12.3. The Balaban J connectivity index is 1.16. The third-order valence-corrected chi connectivity index (χ3v) is 7.47. The molecule has 4 heterocycles. The molecule has 2 aliphatic heterocycles. The largest absolute Gasteiger partial charge is 0.490 e. The number of ether oxygens (including phenoxy) is 1. The molecule has 2 unspecified atom stereocenters. The first-order valence-corrected chi connectivity index (χ1v) is 12.3. The lowest BCUT2D eigenvalue weighted by Crippen LogP contribution is -2.43. The highest BCUT2D eigenvalue weighted by molar-refractivity contribution is 6.01. The number of piperidine rings is 1. The van der Waals surface area contributed by atoms with Crippen LogP contribution in [0.4, 0.5) is 0 Å². The Morgan fingerprint density at radius 2 is 1.89 bits per heavy atom. The Bertz CT molecular complexity index is 1320. The number of amides is 1. The minimum atomic E-state index is -0.138. The molecule has 0 radical (unpaired) electrons. The molecule has 4 aromatic rings. The Morgan fingerprint density at radius 1 is 1.09 bits per heavy atom. The summed E-state index contributed by atoms with van der Waals surface area (Å²) in [6, 6.07) is 20.7. The predicted octanol–water partition coefficient (Wildman–Crippen LogP) is 4.56. The van der Waals surface area contributed by atoms with Gasteiger partial charge in [-0.2, -0.15) is 5.10 Å². The maximum absolute atomic E-state index is 12.7. The van der Waals surface area contributed by atoms with Crippen LogP contribution in [0.5, 0.6) is 5.75 Å². The maximum atomic E-state index is 12.7. The van der Waals surface area contributed by atoms with E-state index in [9.17, 15) is 4.79 Å². The number of hydrogen-bond acceptors (Lipinski definition) is 5. The van der Waals surface area contributed by atoms with E-state index in [1.165, 1.54) is 12.8 Å². The zero-order valence-electron chi connectivity index (χ0n) is 19.8. The summed E-state index contributed by atoms with van der Waals surface area (Å²) in [4.78, 5) is 19.5. The van der Waals surface area contributed by atoms with Crippen LogP contribution in [0.1, 0.15) is 41.7 Å². The zero-order valence-corrected chi connectivity index (χ0v) is 19.8. The molecule has 0 saturated carbocycles. The number of pyridine rings is 1. The van der Waals surface area contributed by atoms with Crippen LogP contribution in [0.25, 0.3) is 22.2 Å². The van der Waals surface area contributed by atoms with Gasteiger partial charge in [0.25, 0.3) is 5.91 Å². The van der Waals surface area contributed by atoms with Gasteiger partial charge >= 0.3 is 0 Å². The summed E-state index contributed by atoms with van der Waals surface area (Å²) in [6.07, 6.45) is 6.78. The van der Waals surface area contributed by atoms with Crippen molar-refractivity contribution >= 4 is 16.8 Å². The molecule has 2 atom stereocenters. The lowest BCUT2D eigenvalue weighted by atomic mass is 10.0. The van der Waals surface area contributed by atoms with Crippen molar-refractivity contribution in [2.24, 2.45) is 0 Å². The standard InChI is InChI=1S/C28H29N5O2/c1-33-21-8-9-22(33)16-24(15-21)35-23-10-5-18(6-11-23)27-25-14-19(7-12-26(25)31-32-27)28(34)30-17-20-4-2-3-13-29-20/h2-7,10-14,21-22,24H,8-9,15-17H2,1H3,(H,30,34)(H,31,32). The molecule has 0 spiro atoms. The van der Waals surface area contributed by atoms with Gasteiger partial charge in [-0.15, -0.1) is 0 Å². The van der Waals surface area contributed by atoms with Crippen molar-refractivity contribution in [1.29, 1.82) is 0 Å². The summed E-state index contributed by atoms with van der Waals surface area (Å²) in [7, 11) is 2.25. The smallest absolute Gasteiger partial charge is 0.251 e. The van der Waals surface area contributed by atoms with Crippen molar-refractivity contribution in [3.8, 4) is 17.0 Å². The van der Waals surface area contributed by atoms with Crippen molar-refractivity contribution in [2.45, 2.75) is 50.4 Å². The van der Waals surface area contributed by atoms with Crippen LogP contribution in [0.15, 0.2) is 66.9 Å². The Kier molecular flexibility index (Phi) is 5.70. The minimum Gasteiger partial charge on any atom is -0.490 e. The Hall–Kier alpha value is -3.71. The first-order chi connectivity index (χ1) is 17.1. The number of nitrogens with one attached hydrogen (secondary N) is 2. The lowest BCUT2D eigenvalue weighted by Gasteiger charge is -2.36. The maximum Gasteiger partial charge on any atom is 0.251 e. The van der Waals surface area contributed by atoms with E-state index in [0.717, 1.165) is 46.4 Å². The molecule has 35 heavy (non-hydrogen) atoms. The third kappa shape index (κ3) is 4.39.